The number of nitrogens with one attached hydrogen (secondary N) is 1. The van der Waals surface area contributed by atoms with Gasteiger partial charge in [-0.15, -0.1) is 0 Å². The summed E-state index contributed by atoms with van der Waals surface area (Å²) in [7, 11) is 6.90. The van der Waals surface area contributed by atoms with E-state index in [2.05, 4.69) is 89.7 Å². The van der Waals surface area contributed by atoms with Gasteiger partial charge >= 0.3 is 0 Å². The first-order valence-corrected chi connectivity index (χ1v) is 10.2. The number of hydrogen-bond donors (Lipinski definition) is 1. The van der Waals surface area contributed by atoms with Gasteiger partial charge < -0.3 is 10.2 Å². The molecule has 2 aromatic rings. The van der Waals surface area contributed by atoms with Gasteiger partial charge in [-0.1, -0.05) is 36.4 Å². The normalized spacial score (nSPS) is 37.1. The van der Waals surface area contributed by atoms with Crippen molar-refractivity contribution in [3.8, 4) is 0 Å². The fourth-order valence-corrected chi connectivity index (χ4v) is 7.23. The molecule has 6 rings (SSSR count). The van der Waals surface area contributed by atoms with Crippen LogP contribution in [0.1, 0.15) is 24.0 Å². The molecular weight excluding hydrogens is 332 g/mol. The van der Waals surface area contributed by atoms with E-state index in [1.54, 1.807) is 5.56 Å². The van der Waals surface area contributed by atoms with Crippen LogP contribution in [0.3, 0.4) is 0 Å². The first-order chi connectivity index (χ1) is 13.1. The molecule has 0 aliphatic carbocycles. The predicted octanol–water partition coefficient (Wildman–Crippen LogP) is 3.06. The van der Waals surface area contributed by atoms with Gasteiger partial charge in [-0.05, 0) is 50.2 Å². The van der Waals surface area contributed by atoms with Crippen molar-refractivity contribution in [3.05, 3.63) is 59.7 Å². The molecule has 0 saturated carbocycles. The lowest BCUT2D eigenvalue weighted by molar-refractivity contribution is 0.136. The zero-order valence-electron chi connectivity index (χ0n) is 16.4. The van der Waals surface area contributed by atoms with E-state index in [9.17, 15) is 0 Å². The van der Waals surface area contributed by atoms with Crippen LogP contribution in [0.15, 0.2) is 48.5 Å². The zero-order chi connectivity index (χ0) is 18.4. The zero-order valence-corrected chi connectivity index (χ0v) is 16.4. The van der Waals surface area contributed by atoms with Gasteiger partial charge in [0.2, 0.25) is 0 Å². The SMILES string of the molecule is CN1CC[C@]2([C@]34CCN(C)[C@H]3N(C)c3ccccc34)c3ccccc3N[C@H]12. The fraction of sp³-hybridized carbons (Fsp3) is 0.478. The van der Waals surface area contributed by atoms with Gasteiger partial charge in [0.1, 0.15) is 0 Å². The molecule has 0 unspecified atom stereocenters. The second-order valence-electron chi connectivity index (χ2n) is 9.00. The van der Waals surface area contributed by atoms with Crippen molar-refractivity contribution >= 4 is 11.4 Å². The summed E-state index contributed by atoms with van der Waals surface area (Å²) < 4.78 is 0. The average molecular weight is 361 g/mol. The Kier molecular flexibility index (Phi) is 2.99. The smallest absolute Gasteiger partial charge is 0.0924 e. The number of fused-ring (bicyclic) bond motifs is 7. The van der Waals surface area contributed by atoms with E-state index in [0.29, 0.717) is 12.3 Å². The molecular formula is C23H28N4. The van der Waals surface area contributed by atoms with Gasteiger partial charge in [0.15, 0.2) is 0 Å². The monoisotopic (exact) mass is 360 g/mol. The maximum absolute atomic E-state index is 3.92. The van der Waals surface area contributed by atoms with Crippen LogP contribution >= 0.6 is 0 Å². The highest BCUT2D eigenvalue weighted by molar-refractivity contribution is 5.72. The van der Waals surface area contributed by atoms with Gasteiger partial charge in [0, 0.05) is 42.3 Å². The Hall–Kier alpha value is -2.04. The Bertz CT molecular complexity index is 926. The molecule has 1 N–H and O–H groups in total. The topological polar surface area (TPSA) is 21.8 Å². The molecule has 4 aliphatic heterocycles. The summed E-state index contributed by atoms with van der Waals surface area (Å²) in [4.78, 5) is 7.68. The Morgan fingerprint density at radius 3 is 2.33 bits per heavy atom. The molecule has 4 heterocycles. The lowest BCUT2D eigenvalue weighted by Crippen LogP contribution is -2.61. The molecule has 0 aromatic heterocycles. The van der Waals surface area contributed by atoms with E-state index in [1.165, 1.54) is 29.8 Å². The van der Waals surface area contributed by atoms with Crippen LogP contribution in [-0.2, 0) is 10.8 Å². The molecule has 2 fully saturated rings. The van der Waals surface area contributed by atoms with E-state index in [-0.39, 0.29) is 10.8 Å². The van der Waals surface area contributed by atoms with Crippen LogP contribution < -0.4 is 10.2 Å². The van der Waals surface area contributed by atoms with Crippen molar-refractivity contribution in [2.75, 3.05) is 44.4 Å². The van der Waals surface area contributed by atoms with E-state index < -0.39 is 0 Å². The average Bonchev–Trinajstić information content (AvgIpc) is 3.37. The second kappa shape index (κ2) is 5.06. The Labute approximate surface area is 161 Å². The Morgan fingerprint density at radius 1 is 0.815 bits per heavy atom. The van der Waals surface area contributed by atoms with E-state index in [4.69, 9.17) is 0 Å². The highest BCUT2D eigenvalue weighted by atomic mass is 15.4. The van der Waals surface area contributed by atoms with Crippen molar-refractivity contribution < 1.29 is 0 Å². The molecule has 4 atom stereocenters. The number of rotatable bonds is 1. The van der Waals surface area contributed by atoms with Crippen molar-refractivity contribution in [1.82, 2.24) is 9.80 Å². The molecule has 2 saturated heterocycles. The van der Waals surface area contributed by atoms with E-state index in [1.807, 2.05) is 0 Å². The third-order valence-corrected chi connectivity index (χ3v) is 8.11. The summed E-state index contributed by atoms with van der Waals surface area (Å²) in [5, 5.41) is 3.92. The minimum Gasteiger partial charge on any atom is -0.369 e. The molecule has 0 amide bonds. The second-order valence-corrected chi connectivity index (χ2v) is 9.00. The molecule has 4 heteroatoms. The van der Waals surface area contributed by atoms with E-state index >= 15 is 0 Å². The Balaban J connectivity index is 1.69. The first kappa shape index (κ1) is 16.0. The largest absolute Gasteiger partial charge is 0.369 e. The van der Waals surface area contributed by atoms with E-state index in [0.717, 1.165) is 13.1 Å². The van der Waals surface area contributed by atoms with Gasteiger partial charge in [0.25, 0.3) is 0 Å². The van der Waals surface area contributed by atoms with Gasteiger partial charge in [-0.3, -0.25) is 9.80 Å². The summed E-state index contributed by atoms with van der Waals surface area (Å²) in [6.07, 6.45) is 3.21. The molecule has 4 aliphatic rings. The van der Waals surface area contributed by atoms with Crippen LogP contribution in [0.2, 0.25) is 0 Å². The lowest BCUT2D eigenvalue weighted by atomic mass is 9.55. The molecule has 0 radical (unpaired) electrons. The van der Waals surface area contributed by atoms with Crippen molar-refractivity contribution in [3.63, 3.8) is 0 Å². The van der Waals surface area contributed by atoms with Crippen molar-refractivity contribution in [2.45, 2.75) is 36.0 Å². The van der Waals surface area contributed by atoms with Gasteiger partial charge in [-0.2, -0.15) is 0 Å². The third-order valence-electron chi connectivity index (χ3n) is 8.11. The van der Waals surface area contributed by atoms with Crippen LogP contribution in [0, 0.1) is 0 Å². The standard InChI is InChI=1S/C23H28N4/c1-25-14-12-22(16-8-4-6-10-18(16)24-20(22)25)23-13-15-26(2)21(23)27(3)19-11-7-5-9-17(19)23/h4-11,20-21,24H,12-15H2,1-3H3/t20-,21+,22+,23+/m1/s1. The number of likely N-dealkylation sites (tertiary alicyclic amines) is 2. The number of hydrogen-bond acceptors (Lipinski definition) is 4. The quantitative estimate of drug-likeness (QED) is 0.844. The molecule has 0 bridgehead atoms. The number of anilines is 2. The third kappa shape index (κ3) is 1.60. The summed E-state index contributed by atoms with van der Waals surface area (Å²) >= 11 is 0. The summed E-state index contributed by atoms with van der Waals surface area (Å²) in [6.45, 7) is 2.31. The molecule has 2 aromatic carbocycles. The minimum atomic E-state index is 0.106. The molecule has 140 valence electrons. The predicted molar refractivity (Wildman–Crippen MR) is 110 cm³/mol. The van der Waals surface area contributed by atoms with Crippen molar-refractivity contribution in [2.24, 2.45) is 0 Å². The van der Waals surface area contributed by atoms with Crippen LogP contribution in [0.25, 0.3) is 0 Å². The number of likely N-dealkylation sites (N-methyl/N-ethyl adjacent to an activating group) is 3. The molecule has 0 spiro atoms. The molecule has 4 nitrogen and oxygen atoms in total. The minimum absolute atomic E-state index is 0.106. The summed E-state index contributed by atoms with van der Waals surface area (Å²) in [5.74, 6) is 0. The summed E-state index contributed by atoms with van der Waals surface area (Å²) in [5.41, 5.74) is 6.06. The maximum atomic E-state index is 3.92. The van der Waals surface area contributed by atoms with Crippen LogP contribution in [-0.4, -0.2) is 56.4 Å². The summed E-state index contributed by atoms with van der Waals surface area (Å²) in [6, 6.07) is 18.3. The molecule has 27 heavy (non-hydrogen) atoms. The maximum Gasteiger partial charge on any atom is 0.0924 e. The van der Waals surface area contributed by atoms with Gasteiger partial charge in [-0.25, -0.2) is 0 Å². The first-order valence-electron chi connectivity index (χ1n) is 10.2. The number of nitrogens with zero attached hydrogens (tertiary/aromatic N) is 3. The van der Waals surface area contributed by atoms with Crippen LogP contribution in [0.5, 0.6) is 0 Å². The Morgan fingerprint density at radius 2 is 1.48 bits per heavy atom. The number of para-hydroxylation sites is 2. The number of benzene rings is 2. The highest BCUT2D eigenvalue weighted by Gasteiger charge is 2.72. The van der Waals surface area contributed by atoms with Gasteiger partial charge in [0.05, 0.1) is 12.3 Å². The van der Waals surface area contributed by atoms with Crippen molar-refractivity contribution in [1.29, 1.82) is 0 Å². The van der Waals surface area contributed by atoms with Crippen LogP contribution in [0.4, 0.5) is 11.4 Å². The fourth-order valence-electron chi connectivity index (χ4n) is 7.23. The lowest BCUT2D eigenvalue weighted by Gasteiger charge is -2.49. The highest BCUT2D eigenvalue weighted by Crippen LogP contribution is 2.67.